The van der Waals surface area contributed by atoms with Crippen molar-refractivity contribution in [2.24, 2.45) is 0 Å². The number of halogens is 1. The van der Waals surface area contributed by atoms with Crippen LogP contribution in [0.4, 0.5) is 22.7 Å². The molecule has 28 heavy (non-hydrogen) atoms. The number of quaternary nitrogens is 1. The van der Waals surface area contributed by atoms with E-state index in [-0.39, 0.29) is 29.1 Å². The van der Waals surface area contributed by atoms with Gasteiger partial charge in [-0.25, -0.2) is 0 Å². The van der Waals surface area contributed by atoms with Crippen LogP contribution in [0.5, 0.6) is 0 Å². The van der Waals surface area contributed by atoms with Crippen LogP contribution in [0.25, 0.3) is 0 Å². The summed E-state index contributed by atoms with van der Waals surface area (Å²) in [5, 5.41) is 21.3. The van der Waals surface area contributed by atoms with Crippen molar-refractivity contribution >= 4 is 46.2 Å². The molecule has 0 spiro atoms. The Bertz CT molecular complexity index is 858. The third-order valence-corrected chi connectivity index (χ3v) is 3.96. The van der Waals surface area contributed by atoms with E-state index in [9.17, 15) is 19.7 Å². The number of rotatable bonds is 9. The second kappa shape index (κ2) is 10.2. The molecular weight excluding hydrogens is 386 g/mol. The zero-order chi connectivity index (χ0) is 20.5. The molecule has 0 aliphatic heterocycles. The Kier molecular flexibility index (Phi) is 7.73. The highest BCUT2D eigenvalue weighted by Gasteiger charge is 2.09. The molecule has 2 amide bonds. The van der Waals surface area contributed by atoms with Gasteiger partial charge in [-0.15, -0.1) is 0 Å². The number of nitro groups is 1. The highest BCUT2D eigenvalue weighted by molar-refractivity contribution is 6.33. The predicted octanol–water partition coefficient (Wildman–Crippen LogP) is 1.82. The fourth-order valence-electron chi connectivity index (χ4n) is 2.36. The predicted molar refractivity (Wildman–Crippen MR) is 108 cm³/mol. The van der Waals surface area contributed by atoms with Crippen LogP contribution in [-0.2, 0) is 9.59 Å². The second-order valence-electron chi connectivity index (χ2n) is 5.94. The number of non-ortho nitro benzene ring substituents is 1. The van der Waals surface area contributed by atoms with Crippen LogP contribution in [0.3, 0.4) is 0 Å². The number of carbonyl (C=O) groups excluding carboxylic acids is 2. The van der Waals surface area contributed by atoms with Crippen molar-refractivity contribution < 1.29 is 19.8 Å². The average molecular weight is 407 g/mol. The Hall–Kier alpha value is -3.17. The number of carbonyl (C=O) groups is 2. The number of benzene rings is 2. The number of nitrogens with one attached hydrogen (secondary N) is 3. The lowest BCUT2D eigenvalue weighted by molar-refractivity contribution is -0.640. The normalized spacial score (nSPS) is 10.2. The Labute approximate surface area is 166 Å². The Morgan fingerprint density at radius 2 is 1.75 bits per heavy atom. The van der Waals surface area contributed by atoms with Crippen LogP contribution < -0.4 is 21.3 Å². The van der Waals surface area contributed by atoms with Gasteiger partial charge in [0.05, 0.1) is 28.7 Å². The van der Waals surface area contributed by atoms with Gasteiger partial charge in [0.25, 0.3) is 11.6 Å². The van der Waals surface area contributed by atoms with Crippen molar-refractivity contribution in [3.05, 3.63) is 57.6 Å². The quantitative estimate of drug-likeness (QED) is 0.286. The highest BCUT2D eigenvalue weighted by Crippen LogP contribution is 2.26. The zero-order valence-corrected chi connectivity index (χ0v) is 16.0. The van der Waals surface area contributed by atoms with Crippen molar-refractivity contribution in [1.29, 1.82) is 0 Å². The highest BCUT2D eigenvalue weighted by atomic mass is 35.5. The molecule has 0 aromatic heterocycles. The molecule has 5 N–H and O–H groups in total. The van der Waals surface area contributed by atoms with E-state index in [1.165, 1.54) is 19.1 Å². The van der Waals surface area contributed by atoms with E-state index in [2.05, 4.69) is 16.0 Å². The molecule has 0 bridgehead atoms. The minimum atomic E-state index is -0.505. The van der Waals surface area contributed by atoms with E-state index in [0.29, 0.717) is 30.2 Å². The van der Waals surface area contributed by atoms with Gasteiger partial charge in [0, 0.05) is 30.4 Å². The van der Waals surface area contributed by atoms with E-state index in [1.807, 2.05) is 5.32 Å². The summed E-state index contributed by atoms with van der Waals surface area (Å²) in [6.07, 6.45) is 0. The first kappa shape index (κ1) is 21.1. The molecule has 2 aromatic carbocycles. The summed E-state index contributed by atoms with van der Waals surface area (Å²) in [6, 6.07) is 11.1. The Morgan fingerprint density at radius 1 is 1.11 bits per heavy atom. The second-order valence-corrected chi connectivity index (χ2v) is 6.34. The fraction of sp³-hybridized carbons (Fsp3) is 0.222. The van der Waals surface area contributed by atoms with Crippen LogP contribution in [0, 0.1) is 10.1 Å². The van der Waals surface area contributed by atoms with Crippen molar-refractivity contribution in [2.45, 2.75) is 6.92 Å². The summed E-state index contributed by atoms with van der Waals surface area (Å²) in [6.45, 7) is 2.82. The maximum Gasteiger partial charge on any atom is 0.279 e. The van der Waals surface area contributed by atoms with Gasteiger partial charge in [-0.3, -0.25) is 19.7 Å². The minimum absolute atomic E-state index is 0.0658. The summed E-state index contributed by atoms with van der Waals surface area (Å²) in [4.78, 5) is 33.1. The first-order chi connectivity index (χ1) is 13.3. The number of nitrogens with zero attached hydrogens (tertiary/aromatic N) is 1. The van der Waals surface area contributed by atoms with E-state index in [0.717, 1.165) is 0 Å². The van der Waals surface area contributed by atoms with Crippen LogP contribution in [0.15, 0.2) is 42.5 Å². The lowest BCUT2D eigenvalue weighted by Gasteiger charge is -2.08. The standard InChI is InChI=1S/C18H20ClN5O4/c1-12(25)22-13-2-4-14(5-3-13)23-18(26)11-20-8-9-21-17-7-6-15(24(27)28)10-16(17)19/h2-7,10,20-21H,8-9,11H2,1H3,(H,22,25)(H,23,26)/p+1. The minimum Gasteiger partial charge on any atom is -0.378 e. The topological polar surface area (TPSA) is 130 Å². The van der Waals surface area contributed by atoms with E-state index >= 15 is 0 Å². The van der Waals surface area contributed by atoms with Gasteiger partial charge in [-0.05, 0) is 30.3 Å². The summed E-state index contributed by atoms with van der Waals surface area (Å²) in [5.41, 5.74) is 1.84. The van der Waals surface area contributed by atoms with Crippen LogP contribution in [0.2, 0.25) is 5.02 Å². The monoisotopic (exact) mass is 406 g/mol. The molecule has 0 unspecified atom stereocenters. The molecular formula is C18H21ClN5O4+. The number of amides is 2. The van der Waals surface area contributed by atoms with Gasteiger partial charge in [0.2, 0.25) is 5.91 Å². The Balaban J connectivity index is 1.68. The molecule has 9 nitrogen and oxygen atoms in total. The molecule has 0 aliphatic carbocycles. The van der Waals surface area contributed by atoms with Crippen LogP contribution in [-0.4, -0.2) is 36.4 Å². The summed E-state index contributed by atoms with van der Waals surface area (Å²) in [7, 11) is 0. The maximum atomic E-state index is 11.9. The smallest absolute Gasteiger partial charge is 0.279 e. The molecule has 0 aliphatic rings. The third-order valence-electron chi connectivity index (χ3n) is 3.65. The van der Waals surface area contributed by atoms with Crippen molar-refractivity contribution in [3.8, 4) is 0 Å². The number of anilines is 3. The SMILES string of the molecule is CC(=O)Nc1ccc(NC(=O)C[NH2+]CCNc2ccc([N+](=O)[O-])cc2Cl)cc1. The third kappa shape index (κ3) is 6.86. The maximum absolute atomic E-state index is 11.9. The molecule has 0 saturated carbocycles. The largest absolute Gasteiger partial charge is 0.378 e. The molecule has 2 aromatic rings. The van der Waals surface area contributed by atoms with Crippen molar-refractivity contribution in [2.75, 3.05) is 35.6 Å². The number of hydrogen-bond acceptors (Lipinski definition) is 5. The first-order valence-corrected chi connectivity index (χ1v) is 8.90. The summed E-state index contributed by atoms with van der Waals surface area (Å²) >= 11 is 6.00. The lowest BCUT2D eigenvalue weighted by atomic mass is 10.2. The molecule has 0 fully saturated rings. The van der Waals surface area contributed by atoms with Crippen LogP contribution in [0.1, 0.15) is 6.92 Å². The molecule has 0 saturated heterocycles. The van der Waals surface area contributed by atoms with Gasteiger partial charge in [-0.1, -0.05) is 11.6 Å². The van der Waals surface area contributed by atoms with Gasteiger partial charge in [-0.2, -0.15) is 0 Å². The van der Waals surface area contributed by atoms with Crippen molar-refractivity contribution in [3.63, 3.8) is 0 Å². The molecule has 2 rings (SSSR count). The summed E-state index contributed by atoms with van der Waals surface area (Å²) in [5.74, 6) is -0.310. The van der Waals surface area contributed by atoms with Crippen molar-refractivity contribution in [1.82, 2.24) is 0 Å². The van der Waals surface area contributed by atoms with E-state index in [4.69, 9.17) is 11.6 Å². The molecule has 0 heterocycles. The molecule has 0 radical (unpaired) electrons. The fourth-order valence-corrected chi connectivity index (χ4v) is 2.60. The van der Waals surface area contributed by atoms with E-state index < -0.39 is 4.92 Å². The lowest BCUT2D eigenvalue weighted by Crippen LogP contribution is -2.87. The molecule has 0 atom stereocenters. The van der Waals surface area contributed by atoms with Crippen LogP contribution >= 0.6 is 11.6 Å². The summed E-state index contributed by atoms with van der Waals surface area (Å²) < 4.78 is 0. The van der Waals surface area contributed by atoms with Gasteiger partial charge >= 0.3 is 0 Å². The zero-order valence-electron chi connectivity index (χ0n) is 15.2. The van der Waals surface area contributed by atoms with Gasteiger partial charge in [0.1, 0.15) is 0 Å². The number of nitro benzene ring substituents is 1. The van der Waals surface area contributed by atoms with E-state index in [1.54, 1.807) is 30.3 Å². The molecule has 148 valence electrons. The average Bonchev–Trinajstić information content (AvgIpc) is 2.63. The Morgan fingerprint density at radius 3 is 2.32 bits per heavy atom. The van der Waals surface area contributed by atoms with Gasteiger partial charge < -0.3 is 21.3 Å². The number of nitrogens with two attached hydrogens (primary N) is 1. The number of hydrogen-bond donors (Lipinski definition) is 4. The first-order valence-electron chi connectivity index (χ1n) is 8.52. The van der Waals surface area contributed by atoms with Gasteiger partial charge in [0.15, 0.2) is 6.54 Å². The molecule has 10 heteroatoms.